The highest BCUT2D eigenvalue weighted by molar-refractivity contribution is 7.91. The fourth-order valence-electron chi connectivity index (χ4n) is 2.56. The summed E-state index contributed by atoms with van der Waals surface area (Å²) < 4.78 is 25.7. The Morgan fingerprint density at radius 1 is 1.43 bits per heavy atom. The third-order valence-corrected chi connectivity index (χ3v) is 4.66. The molecular weight excluding hydrogens is 290 g/mol. The Morgan fingerprint density at radius 2 is 2.10 bits per heavy atom. The molecule has 120 valence electrons. The summed E-state index contributed by atoms with van der Waals surface area (Å²) in [7, 11) is -3.45. The Bertz CT molecular complexity index is 609. The Balaban J connectivity index is 2.43. The van der Waals surface area contributed by atoms with E-state index in [2.05, 4.69) is 15.7 Å². The number of nitrogens with two attached hydrogens (primary N) is 1. The molecule has 1 unspecified atom stereocenters. The topological polar surface area (TPSA) is 102 Å². The monoisotopic (exact) mass is 315 g/mol. The van der Waals surface area contributed by atoms with Crippen LogP contribution in [0.1, 0.15) is 33.6 Å². The van der Waals surface area contributed by atoms with Crippen LogP contribution in [0.25, 0.3) is 0 Å². The molecule has 0 bridgehead atoms. The lowest BCUT2D eigenvalue weighted by atomic mass is 10.1. The fraction of sp³-hybridized carbons (Fsp3) is 0.769. The molecule has 1 fully saturated rings. The average molecular weight is 315 g/mol. The van der Waals surface area contributed by atoms with Gasteiger partial charge in [0, 0.05) is 18.8 Å². The van der Waals surface area contributed by atoms with Crippen molar-refractivity contribution >= 4 is 21.5 Å². The van der Waals surface area contributed by atoms with E-state index in [1.54, 1.807) is 4.68 Å². The molecular formula is C13H25N5O2S. The summed E-state index contributed by atoms with van der Waals surface area (Å²) in [6.45, 7) is 7.61. The molecule has 0 radical (unpaired) electrons. The molecule has 7 nitrogen and oxygen atoms in total. The van der Waals surface area contributed by atoms with Crippen LogP contribution in [0.4, 0.5) is 11.6 Å². The first kappa shape index (κ1) is 16.1. The van der Waals surface area contributed by atoms with Crippen LogP contribution in [0.3, 0.4) is 0 Å². The van der Waals surface area contributed by atoms with Gasteiger partial charge in [-0.15, -0.1) is 0 Å². The summed E-state index contributed by atoms with van der Waals surface area (Å²) in [6, 6.07) is 0.168. The van der Waals surface area contributed by atoms with Crippen LogP contribution < -0.4 is 16.4 Å². The first-order chi connectivity index (χ1) is 9.60. The minimum absolute atomic E-state index is 0.1000. The molecule has 1 aliphatic heterocycles. The number of anilines is 2. The molecule has 21 heavy (non-hydrogen) atoms. The average Bonchev–Trinajstić information content (AvgIpc) is 2.66. The van der Waals surface area contributed by atoms with Crippen molar-refractivity contribution in [3.63, 3.8) is 0 Å². The Hall–Kier alpha value is -1.28. The van der Waals surface area contributed by atoms with Crippen molar-refractivity contribution in [3.05, 3.63) is 0 Å². The van der Waals surface area contributed by atoms with E-state index in [1.807, 2.05) is 20.8 Å². The lowest BCUT2D eigenvalue weighted by Gasteiger charge is -2.24. The number of rotatable bonds is 3. The van der Waals surface area contributed by atoms with Gasteiger partial charge in [0.25, 0.3) is 0 Å². The highest BCUT2D eigenvalue weighted by Gasteiger charge is 2.30. The van der Waals surface area contributed by atoms with Crippen LogP contribution in [0, 0.1) is 0 Å². The molecule has 2 heterocycles. The van der Waals surface area contributed by atoms with Crippen LogP contribution >= 0.6 is 0 Å². The summed E-state index contributed by atoms with van der Waals surface area (Å²) in [4.78, 5) is 0.1000. The van der Waals surface area contributed by atoms with Crippen LogP contribution in [0.15, 0.2) is 4.90 Å². The highest BCUT2D eigenvalue weighted by atomic mass is 32.2. The molecule has 0 saturated carbocycles. The van der Waals surface area contributed by atoms with Crippen molar-refractivity contribution in [2.24, 2.45) is 0 Å². The van der Waals surface area contributed by atoms with Gasteiger partial charge in [0.1, 0.15) is 5.82 Å². The predicted octanol–water partition coefficient (Wildman–Crippen LogP) is 0.788. The van der Waals surface area contributed by atoms with Crippen molar-refractivity contribution < 1.29 is 8.42 Å². The van der Waals surface area contributed by atoms with E-state index in [1.165, 1.54) is 0 Å². The molecule has 0 amide bonds. The van der Waals surface area contributed by atoms with E-state index in [-0.39, 0.29) is 22.3 Å². The van der Waals surface area contributed by atoms with E-state index in [0.29, 0.717) is 5.82 Å². The van der Waals surface area contributed by atoms with E-state index in [0.717, 1.165) is 32.2 Å². The van der Waals surface area contributed by atoms with E-state index >= 15 is 0 Å². The maximum absolute atomic E-state index is 12.1. The molecule has 8 heteroatoms. The van der Waals surface area contributed by atoms with Gasteiger partial charge < -0.3 is 16.4 Å². The number of hydrogen-bond acceptors (Lipinski definition) is 6. The van der Waals surface area contributed by atoms with Gasteiger partial charge in [0.15, 0.2) is 20.6 Å². The summed E-state index contributed by atoms with van der Waals surface area (Å²) in [5, 5.41) is 10.9. The molecule has 1 aromatic rings. The minimum atomic E-state index is -3.45. The Morgan fingerprint density at radius 3 is 2.57 bits per heavy atom. The highest BCUT2D eigenvalue weighted by Crippen LogP contribution is 2.32. The van der Waals surface area contributed by atoms with Gasteiger partial charge in [-0.05, 0) is 40.2 Å². The second-order valence-corrected chi connectivity index (χ2v) is 8.56. The number of hydrogen-bond donors (Lipinski definition) is 3. The number of aromatic nitrogens is 2. The van der Waals surface area contributed by atoms with E-state index in [9.17, 15) is 8.42 Å². The molecule has 2 rings (SSSR count). The summed E-state index contributed by atoms with van der Waals surface area (Å²) in [6.07, 6.45) is 3.21. The fourth-order valence-corrected chi connectivity index (χ4v) is 3.47. The number of piperidine rings is 1. The summed E-state index contributed by atoms with van der Waals surface area (Å²) in [5.41, 5.74) is 5.67. The van der Waals surface area contributed by atoms with Crippen molar-refractivity contribution in [3.8, 4) is 0 Å². The van der Waals surface area contributed by atoms with Gasteiger partial charge in [-0.1, -0.05) is 0 Å². The zero-order valence-electron chi connectivity index (χ0n) is 13.1. The summed E-state index contributed by atoms with van der Waals surface area (Å²) >= 11 is 0. The van der Waals surface area contributed by atoms with Crippen molar-refractivity contribution in [1.29, 1.82) is 0 Å². The van der Waals surface area contributed by atoms with Gasteiger partial charge in [-0.2, -0.15) is 5.10 Å². The number of sulfone groups is 1. The molecule has 0 spiro atoms. The molecule has 1 atom stereocenters. The standard InChI is InChI=1S/C13H25N5O2S/c1-13(2,3)18-11(14)10(21(4,19)20)12(17-18)16-9-6-5-7-15-8-9/h9,15H,5-8,14H2,1-4H3,(H,16,17). The van der Waals surface area contributed by atoms with Crippen molar-refractivity contribution in [2.45, 2.75) is 50.1 Å². The minimum Gasteiger partial charge on any atom is -0.383 e. The molecule has 1 aromatic heterocycles. The third kappa shape index (κ3) is 3.49. The first-order valence-corrected chi connectivity index (χ1v) is 9.06. The van der Waals surface area contributed by atoms with Crippen LogP contribution in [-0.2, 0) is 15.4 Å². The van der Waals surface area contributed by atoms with Gasteiger partial charge in [0.2, 0.25) is 0 Å². The maximum atomic E-state index is 12.1. The molecule has 1 saturated heterocycles. The van der Waals surface area contributed by atoms with Crippen molar-refractivity contribution in [2.75, 3.05) is 30.4 Å². The first-order valence-electron chi connectivity index (χ1n) is 7.17. The largest absolute Gasteiger partial charge is 0.383 e. The maximum Gasteiger partial charge on any atom is 0.182 e. The van der Waals surface area contributed by atoms with Crippen LogP contribution in [-0.4, -0.2) is 43.6 Å². The molecule has 4 N–H and O–H groups in total. The van der Waals surface area contributed by atoms with Gasteiger partial charge >= 0.3 is 0 Å². The second-order valence-electron chi connectivity index (χ2n) is 6.61. The van der Waals surface area contributed by atoms with E-state index in [4.69, 9.17) is 5.73 Å². The van der Waals surface area contributed by atoms with E-state index < -0.39 is 9.84 Å². The zero-order chi connectivity index (χ0) is 15.8. The van der Waals surface area contributed by atoms with Crippen LogP contribution in [0.2, 0.25) is 0 Å². The zero-order valence-corrected chi connectivity index (χ0v) is 13.9. The van der Waals surface area contributed by atoms with Gasteiger partial charge in [-0.3, -0.25) is 0 Å². The normalized spacial score (nSPS) is 20.5. The number of nitrogens with zero attached hydrogens (tertiary/aromatic N) is 2. The van der Waals surface area contributed by atoms with Crippen LogP contribution in [0.5, 0.6) is 0 Å². The smallest absolute Gasteiger partial charge is 0.182 e. The number of nitrogen functional groups attached to an aromatic ring is 1. The molecule has 0 aromatic carbocycles. The predicted molar refractivity (Wildman–Crippen MR) is 84.3 cm³/mol. The Kier molecular flexibility index (Phi) is 4.21. The lowest BCUT2D eigenvalue weighted by molar-refractivity contribution is 0.361. The number of nitrogens with one attached hydrogen (secondary N) is 2. The second kappa shape index (κ2) is 5.49. The van der Waals surface area contributed by atoms with Gasteiger partial charge in [0.05, 0.1) is 5.54 Å². The SMILES string of the molecule is CC(C)(C)n1nc(NC2CCCNC2)c(S(C)(=O)=O)c1N. The lowest BCUT2D eigenvalue weighted by Crippen LogP contribution is -2.38. The molecule has 1 aliphatic rings. The molecule has 0 aliphatic carbocycles. The summed E-state index contributed by atoms with van der Waals surface area (Å²) in [5.74, 6) is 0.551. The quantitative estimate of drug-likeness (QED) is 0.762. The van der Waals surface area contributed by atoms with Gasteiger partial charge in [-0.25, -0.2) is 13.1 Å². The van der Waals surface area contributed by atoms with Crippen molar-refractivity contribution in [1.82, 2.24) is 15.1 Å². The third-order valence-electron chi connectivity index (χ3n) is 3.52. The Labute approximate surface area is 126 Å².